The quantitative estimate of drug-likeness (QED) is 0.289. The Bertz CT molecular complexity index is 1220. The number of rotatable bonds is 9. The standard InChI is InChI=1S/C28H28ClF4NO2/c1-17(2)10-11-34(16-19-4-9-25(29)26(30)12-19)23-13-21(14-27(35)36)18(3)24(15-23)20-5-7-22(8-6-20)28(31,32)33/h4-9,12-13,15,17H,10-11,14,16H2,1-3H3,(H,35,36). The van der Waals surface area contributed by atoms with Crippen LogP contribution in [0, 0.1) is 18.7 Å². The molecule has 0 aliphatic heterocycles. The van der Waals surface area contributed by atoms with Crippen molar-refractivity contribution in [3.8, 4) is 11.1 Å². The first-order chi connectivity index (χ1) is 16.8. The van der Waals surface area contributed by atoms with Gasteiger partial charge in [-0.15, -0.1) is 0 Å². The number of benzene rings is 3. The van der Waals surface area contributed by atoms with Crippen molar-refractivity contribution in [2.75, 3.05) is 11.4 Å². The van der Waals surface area contributed by atoms with E-state index in [2.05, 4.69) is 13.8 Å². The van der Waals surface area contributed by atoms with Gasteiger partial charge in [0.2, 0.25) is 0 Å². The third-order valence-corrected chi connectivity index (χ3v) is 6.37. The Balaban J connectivity index is 2.10. The molecule has 3 aromatic rings. The second-order valence-electron chi connectivity index (χ2n) is 9.28. The molecule has 0 heterocycles. The fourth-order valence-corrected chi connectivity index (χ4v) is 4.11. The third-order valence-electron chi connectivity index (χ3n) is 6.06. The highest BCUT2D eigenvalue weighted by atomic mass is 35.5. The molecule has 0 unspecified atom stereocenters. The third kappa shape index (κ3) is 7.00. The van der Waals surface area contributed by atoms with Gasteiger partial charge in [-0.05, 0) is 83.5 Å². The Morgan fingerprint density at radius 1 is 1.06 bits per heavy atom. The largest absolute Gasteiger partial charge is 0.481 e. The van der Waals surface area contributed by atoms with E-state index in [-0.39, 0.29) is 11.4 Å². The zero-order valence-electron chi connectivity index (χ0n) is 20.3. The number of carbonyl (C=O) groups is 1. The fraction of sp³-hybridized carbons (Fsp3) is 0.321. The molecule has 0 atom stereocenters. The van der Waals surface area contributed by atoms with Crippen molar-refractivity contribution in [2.24, 2.45) is 5.92 Å². The molecule has 0 amide bonds. The topological polar surface area (TPSA) is 40.5 Å². The van der Waals surface area contributed by atoms with Gasteiger partial charge in [-0.25, -0.2) is 4.39 Å². The van der Waals surface area contributed by atoms with Gasteiger partial charge in [0.15, 0.2) is 0 Å². The number of halogens is 5. The van der Waals surface area contributed by atoms with E-state index in [0.717, 1.165) is 18.6 Å². The van der Waals surface area contributed by atoms with Crippen LogP contribution >= 0.6 is 11.6 Å². The van der Waals surface area contributed by atoms with E-state index in [0.29, 0.717) is 52.5 Å². The summed E-state index contributed by atoms with van der Waals surface area (Å²) in [6.07, 6.45) is -3.86. The highest BCUT2D eigenvalue weighted by Crippen LogP contribution is 2.35. The number of carboxylic acid groups (broad SMARTS) is 1. The van der Waals surface area contributed by atoms with Crippen molar-refractivity contribution < 1.29 is 27.5 Å². The van der Waals surface area contributed by atoms with Gasteiger partial charge in [0, 0.05) is 18.8 Å². The average Bonchev–Trinajstić information content (AvgIpc) is 2.79. The SMILES string of the molecule is Cc1c(CC(=O)O)cc(N(CCC(C)C)Cc2ccc(Cl)c(F)c2)cc1-c1ccc(C(F)(F)F)cc1. The summed E-state index contributed by atoms with van der Waals surface area (Å²) in [5, 5.41) is 9.51. The van der Waals surface area contributed by atoms with Crippen LogP contribution in [0.3, 0.4) is 0 Å². The van der Waals surface area contributed by atoms with Crippen molar-refractivity contribution in [2.45, 2.75) is 46.3 Å². The molecule has 0 saturated carbocycles. The monoisotopic (exact) mass is 521 g/mol. The van der Waals surface area contributed by atoms with E-state index >= 15 is 0 Å². The smallest absolute Gasteiger partial charge is 0.416 e. The number of hydrogen-bond donors (Lipinski definition) is 1. The zero-order chi connectivity index (χ0) is 26.6. The number of alkyl halides is 3. The molecule has 0 saturated heterocycles. The number of carboxylic acids is 1. The lowest BCUT2D eigenvalue weighted by molar-refractivity contribution is -0.138. The molecule has 0 radical (unpaired) electrons. The minimum absolute atomic E-state index is 0.0242. The summed E-state index contributed by atoms with van der Waals surface area (Å²) in [5.74, 6) is -1.16. The second-order valence-corrected chi connectivity index (χ2v) is 9.68. The second kappa shape index (κ2) is 11.3. The van der Waals surface area contributed by atoms with Gasteiger partial charge >= 0.3 is 12.1 Å². The lowest BCUT2D eigenvalue weighted by Crippen LogP contribution is -2.25. The molecule has 0 bridgehead atoms. The first kappa shape index (κ1) is 27.5. The van der Waals surface area contributed by atoms with Crippen LogP contribution in [-0.4, -0.2) is 17.6 Å². The average molecular weight is 522 g/mol. The Morgan fingerprint density at radius 2 is 1.72 bits per heavy atom. The van der Waals surface area contributed by atoms with Crippen molar-refractivity contribution >= 4 is 23.3 Å². The maximum atomic E-state index is 14.1. The molecule has 0 aliphatic carbocycles. The summed E-state index contributed by atoms with van der Waals surface area (Å²) in [6.45, 7) is 6.90. The molecule has 1 N–H and O–H groups in total. The number of anilines is 1. The van der Waals surface area contributed by atoms with Crippen LogP contribution in [0.2, 0.25) is 5.02 Å². The molecule has 8 heteroatoms. The lowest BCUT2D eigenvalue weighted by Gasteiger charge is -2.28. The Kier molecular flexibility index (Phi) is 8.67. The van der Waals surface area contributed by atoms with Gasteiger partial charge in [-0.1, -0.05) is 43.6 Å². The zero-order valence-corrected chi connectivity index (χ0v) is 21.1. The van der Waals surface area contributed by atoms with Crippen LogP contribution in [0.4, 0.5) is 23.2 Å². The van der Waals surface area contributed by atoms with Crippen molar-refractivity contribution in [3.05, 3.63) is 87.7 Å². The number of nitrogens with zero attached hydrogens (tertiary/aromatic N) is 1. The Labute approximate surface area is 213 Å². The van der Waals surface area contributed by atoms with Crippen molar-refractivity contribution in [1.82, 2.24) is 0 Å². The van der Waals surface area contributed by atoms with Crippen LogP contribution in [-0.2, 0) is 23.9 Å². The molecule has 3 nitrogen and oxygen atoms in total. The van der Waals surface area contributed by atoms with Crippen molar-refractivity contribution in [1.29, 1.82) is 0 Å². The summed E-state index contributed by atoms with van der Waals surface area (Å²) in [4.78, 5) is 13.6. The Hall–Kier alpha value is -3.06. The highest BCUT2D eigenvalue weighted by Gasteiger charge is 2.30. The molecule has 192 valence electrons. The molecule has 0 spiro atoms. The van der Waals surface area contributed by atoms with Gasteiger partial charge in [0.05, 0.1) is 17.0 Å². The molecular formula is C28H28ClF4NO2. The fourth-order valence-electron chi connectivity index (χ4n) is 4.00. The van der Waals surface area contributed by atoms with Gasteiger partial charge < -0.3 is 10.0 Å². The van der Waals surface area contributed by atoms with Crippen LogP contribution in [0.1, 0.15) is 42.5 Å². The van der Waals surface area contributed by atoms with Crippen molar-refractivity contribution in [3.63, 3.8) is 0 Å². The van der Waals surface area contributed by atoms with E-state index < -0.39 is 23.5 Å². The molecule has 36 heavy (non-hydrogen) atoms. The summed E-state index contributed by atoms with van der Waals surface area (Å²) in [6, 6.07) is 13.1. The summed E-state index contributed by atoms with van der Waals surface area (Å²) >= 11 is 5.84. The minimum Gasteiger partial charge on any atom is -0.481 e. The van der Waals surface area contributed by atoms with E-state index in [1.165, 1.54) is 24.3 Å². The van der Waals surface area contributed by atoms with Crippen LogP contribution < -0.4 is 4.90 Å². The van der Waals surface area contributed by atoms with Gasteiger partial charge in [-0.2, -0.15) is 13.2 Å². The maximum absolute atomic E-state index is 14.1. The van der Waals surface area contributed by atoms with Crippen LogP contribution in [0.15, 0.2) is 54.6 Å². The molecule has 0 aliphatic rings. The predicted octanol–water partition coefficient (Wildman–Crippen LogP) is 8.15. The first-order valence-electron chi connectivity index (χ1n) is 11.6. The molecule has 0 fully saturated rings. The van der Waals surface area contributed by atoms with E-state index in [1.807, 2.05) is 11.0 Å². The first-order valence-corrected chi connectivity index (χ1v) is 11.9. The van der Waals surface area contributed by atoms with Gasteiger partial charge in [0.25, 0.3) is 0 Å². The molecule has 0 aromatic heterocycles. The van der Waals surface area contributed by atoms with E-state index in [9.17, 15) is 27.5 Å². The molecular weight excluding hydrogens is 494 g/mol. The number of hydrogen-bond acceptors (Lipinski definition) is 2. The molecule has 3 aromatic carbocycles. The summed E-state index contributed by atoms with van der Waals surface area (Å²) in [7, 11) is 0. The van der Waals surface area contributed by atoms with E-state index in [4.69, 9.17) is 11.6 Å². The normalized spacial score (nSPS) is 11.7. The van der Waals surface area contributed by atoms with Crippen LogP contribution in [0.25, 0.3) is 11.1 Å². The maximum Gasteiger partial charge on any atom is 0.416 e. The predicted molar refractivity (Wildman–Crippen MR) is 135 cm³/mol. The van der Waals surface area contributed by atoms with Gasteiger partial charge in [-0.3, -0.25) is 4.79 Å². The minimum atomic E-state index is -4.45. The van der Waals surface area contributed by atoms with Crippen LogP contribution in [0.5, 0.6) is 0 Å². The highest BCUT2D eigenvalue weighted by molar-refractivity contribution is 6.30. The molecule has 3 rings (SSSR count). The number of aliphatic carboxylic acids is 1. The Morgan fingerprint density at radius 3 is 2.28 bits per heavy atom. The van der Waals surface area contributed by atoms with Gasteiger partial charge in [0.1, 0.15) is 5.82 Å². The summed E-state index contributed by atoms with van der Waals surface area (Å²) in [5.41, 5.74) is 3.09. The summed E-state index contributed by atoms with van der Waals surface area (Å²) < 4.78 is 53.4. The lowest BCUT2D eigenvalue weighted by atomic mass is 9.93. The van der Waals surface area contributed by atoms with E-state index in [1.54, 1.807) is 19.1 Å².